The molecule has 2 heterocycles. The van der Waals surface area contributed by atoms with Crippen LogP contribution < -0.4 is 0 Å². The summed E-state index contributed by atoms with van der Waals surface area (Å²) >= 11 is 0. The van der Waals surface area contributed by atoms with Gasteiger partial charge >= 0.3 is 0 Å². The van der Waals surface area contributed by atoms with Crippen molar-refractivity contribution < 1.29 is 9.47 Å². The predicted octanol–water partition coefficient (Wildman–Crippen LogP) is 3.85. The molecule has 0 amide bonds. The Balaban J connectivity index is 1.69. The minimum Gasteiger partial charge on any atom is -0.381 e. The molecule has 2 aliphatic rings. The summed E-state index contributed by atoms with van der Waals surface area (Å²) in [5.41, 5.74) is 1.33. The standard InChI is InChI=1S/C18H25O2S/c1-15-6-5-13-21(15)14-18(16-7-3-2-4-8-16)20-17-9-11-19-12-10-17/h2-4,6-8,17-18H,5,9-14H2,1H3/q+1. The van der Waals surface area contributed by atoms with E-state index in [0.717, 1.165) is 31.8 Å². The van der Waals surface area contributed by atoms with Crippen LogP contribution in [0.5, 0.6) is 0 Å². The first-order valence-electron chi connectivity index (χ1n) is 7.95. The summed E-state index contributed by atoms with van der Waals surface area (Å²) in [5.74, 6) is 2.45. The first-order chi connectivity index (χ1) is 10.3. The third kappa shape index (κ3) is 4.12. The molecule has 0 saturated carbocycles. The van der Waals surface area contributed by atoms with Crippen LogP contribution in [0, 0.1) is 0 Å². The van der Waals surface area contributed by atoms with Crippen LogP contribution in [0.25, 0.3) is 0 Å². The molecule has 0 bridgehead atoms. The lowest BCUT2D eigenvalue weighted by Crippen LogP contribution is -2.28. The lowest BCUT2D eigenvalue weighted by molar-refractivity contribution is -0.0621. The van der Waals surface area contributed by atoms with Gasteiger partial charge in [-0.25, -0.2) is 0 Å². The zero-order valence-electron chi connectivity index (χ0n) is 12.8. The fourth-order valence-corrected chi connectivity index (χ4v) is 5.15. The average molecular weight is 305 g/mol. The van der Waals surface area contributed by atoms with Gasteiger partial charge in [0.1, 0.15) is 22.5 Å². The highest BCUT2D eigenvalue weighted by Crippen LogP contribution is 2.30. The largest absolute Gasteiger partial charge is 0.381 e. The molecule has 3 heteroatoms. The van der Waals surface area contributed by atoms with Gasteiger partial charge in [0.25, 0.3) is 0 Å². The lowest BCUT2D eigenvalue weighted by Gasteiger charge is -2.27. The van der Waals surface area contributed by atoms with Crippen LogP contribution in [0.1, 0.15) is 37.9 Å². The van der Waals surface area contributed by atoms with E-state index in [0.29, 0.717) is 17.0 Å². The highest BCUT2D eigenvalue weighted by Gasteiger charge is 2.32. The number of benzene rings is 1. The minimum absolute atomic E-state index is 0.235. The van der Waals surface area contributed by atoms with E-state index in [4.69, 9.17) is 9.47 Å². The maximum Gasteiger partial charge on any atom is 0.143 e. The average Bonchev–Trinajstić information content (AvgIpc) is 2.94. The first kappa shape index (κ1) is 15.1. The van der Waals surface area contributed by atoms with Gasteiger partial charge in [-0.15, -0.1) is 0 Å². The maximum absolute atomic E-state index is 6.49. The third-order valence-electron chi connectivity index (χ3n) is 4.30. The van der Waals surface area contributed by atoms with Gasteiger partial charge in [0, 0.05) is 37.5 Å². The van der Waals surface area contributed by atoms with Crippen LogP contribution in [0.4, 0.5) is 0 Å². The van der Waals surface area contributed by atoms with E-state index < -0.39 is 0 Å². The summed E-state index contributed by atoms with van der Waals surface area (Å²) < 4.78 is 11.9. The molecule has 0 aliphatic carbocycles. The molecular weight excluding hydrogens is 280 g/mol. The van der Waals surface area contributed by atoms with Crippen LogP contribution >= 0.6 is 0 Å². The smallest absolute Gasteiger partial charge is 0.143 e. The van der Waals surface area contributed by atoms with Gasteiger partial charge in [-0.3, -0.25) is 0 Å². The van der Waals surface area contributed by atoms with Crippen molar-refractivity contribution in [2.24, 2.45) is 0 Å². The van der Waals surface area contributed by atoms with E-state index in [2.05, 4.69) is 43.3 Å². The van der Waals surface area contributed by atoms with Crippen molar-refractivity contribution in [1.29, 1.82) is 0 Å². The zero-order chi connectivity index (χ0) is 14.5. The van der Waals surface area contributed by atoms with Gasteiger partial charge < -0.3 is 9.47 Å². The van der Waals surface area contributed by atoms with Gasteiger partial charge in [-0.1, -0.05) is 30.3 Å². The van der Waals surface area contributed by atoms with Crippen LogP contribution in [-0.2, 0) is 20.4 Å². The Morgan fingerprint density at radius 3 is 2.67 bits per heavy atom. The van der Waals surface area contributed by atoms with Crippen LogP contribution in [0.15, 0.2) is 41.3 Å². The van der Waals surface area contributed by atoms with Crippen molar-refractivity contribution >= 4 is 10.9 Å². The van der Waals surface area contributed by atoms with Gasteiger partial charge in [-0.05, 0) is 24.5 Å². The second-order valence-electron chi connectivity index (χ2n) is 5.81. The molecule has 0 spiro atoms. The molecule has 2 nitrogen and oxygen atoms in total. The zero-order valence-corrected chi connectivity index (χ0v) is 13.6. The third-order valence-corrected chi connectivity index (χ3v) is 6.81. The van der Waals surface area contributed by atoms with Crippen molar-refractivity contribution in [1.82, 2.24) is 0 Å². The number of hydrogen-bond acceptors (Lipinski definition) is 2. The molecule has 21 heavy (non-hydrogen) atoms. The monoisotopic (exact) mass is 305 g/mol. The topological polar surface area (TPSA) is 18.5 Å². The Morgan fingerprint density at radius 1 is 1.24 bits per heavy atom. The summed E-state index contributed by atoms with van der Waals surface area (Å²) in [6, 6.07) is 10.7. The van der Waals surface area contributed by atoms with Crippen LogP contribution in [0.3, 0.4) is 0 Å². The highest BCUT2D eigenvalue weighted by atomic mass is 32.2. The Morgan fingerprint density at radius 2 is 2.00 bits per heavy atom. The number of hydrogen-bond donors (Lipinski definition) is 0. The molecular formula is C18H25O2S+. The van der Waals surface area contributed by atoms with E-state index >= 15 is 0 Å². The molecule has 1 aromatic carbocycles. The molecule has 0 radical (unpaired) electrons. The molecule has 2 unspecified atom stereocenters. The fraction of sp³-hybridized carbons (Fsp3) is 0.556. The van der Waals surface area contributed by atoms with Crippen molar-refractivity contribution in [2.45, 2.75) is 38.4 Å². The molecule has 1 saturated heterocycles. The van der Waals surface area contributed by atoms with E-state index in [9.17, 15) is 0 Å². The Hall–Kier alpha value is -0.770. The van der Waals surface area contributed by atoms with Gasteiger partial charge in [0.05, 0.1) is 6.10 Å². The normalized spacial score (nSPS) is 24.8. The molecule has 114 valence electrons. The van der Waals surface area contributed by atoms with Crippen LogP contribution in [0.2, 0.25) is 0 Å². The quantitative estimate of drug-likeness (QED) is 0.769. The van der Waals surface area contributed by atoms with E-state index in [-0.39, 0.29) is 6.10 Å². The summed E-state index contributed by atoms with van der Waals surface area (Å²) in [7, 11) is 0.398. The highest BCUT2D eigenvalue weighted by molar-refractivity contribution is 8.00. The Kier molecular flexibility index (Phi) is 5.39. The molecule has 1 fully saturated rings. The molecule has 2 aliphatic heterocycles. The van der Waals surface area contributed by atoms with Crippen molar-refractivity contribution in [2.75, 3.05) is 24.7 Å². The van der Waals surface area contributed by atoms with E-state index in [1.54, 1.807) is 4.91 Å². The van der Waals surface area contributed by atoms with Gasteiger partial charge in [0.15, 0.2) is 0 Å². The number of rotatable bonds is 5. The van der Waals surface area contributed by atoms with Crippen molar-refractivity contribution in [3.63, 3.8) is 0 Å². The van der Waals surface area contributed by atoms with E-state index in [1.165, 1.54) is 17.7 Å². The fourth-order valence-electron chi connectivity index (χ4n) is 3.01. The van der Waals surface area contributed by atoms with Gasteiger partial charge in [0.2, 0.25) is 0 Å². The predicted molar refractivity (Wildman–Crippen MR) is 89.6 cm³/mol. The lowest BCUT2D eigenvalue weighted by atomic mass is 10.1. The molecule has 0 N–H and O–H groups in total. The summed E-state index contributed by atoms with van der Waals surface area (Å²) in [6.45, 7) is 3.97. The van der Waals surface area contributed by atoms with E-state index in [1.807, 2.05) is 0 Å². The Labute approximate surface area is 130 Å². The second-order valence-corrected chi connectivity index (χ2v) is 8.19. The maximum atomic E-state index is 6.49. The summed E-state index contributed by atoms with van der Waals surface area (Å²) in [4.78, 5) is 1.58. The first-order valence-corrected chi connectivity index (χ1v) is 9.51. The number of allylic oxidation sites excluding steroid dienone is 2. The molecule has 1 aromatic rings. The summed E-state index contributed by atoms with van der Waals surface area (Å²) in [6.07, 6.45) is 6.31. The minimum atomic E-state index is 0.235. The summed E-state index contributed by atoms with van der Waals surface area (Å²) in [5, 5.41) is 0. The van der Waals surface area contributed by atoms with Crippen molar-refractivity contribution in [3.05, 3.63) is 46.9 Å². The van der Waals surface area contributed by atoms with Gasteiger partial charge in [-0.2, -0.15) is 0 Å². The van der Waals surface area contributed by atoms with Crippen LogP contribution in [-0.4, -0.2) is 30.8 Å². The SMILES string of the molecule is CC1=CCC[S+]1CC(OC1CCOCC1)c1ccccc1. The molecule has 0 aromatic heterocycles. The molecule has 2 atom stereocenters. The van der Waals surface area contributed by atoms with Crippen molar-refractivity contribution in [3.8, 4) is 0 Å². The molecule has 3 rings (SSSR count). The second kappa shape index (κ2) is 7.48. The number of ether oxygens (including phenoxy) is 2. The Bertz CT molecular complexity index is 465.